The molecule has 12 nitrogen and oxygen atoms in total. The number of aryl methyl sites for hydroxylation is 2. The van der Waals surface area contributed by atoms with E-state index >= 15 is 0 Å². The van der Waals surface area contributed by atoms with Gasteiger partial charge in [-0.05, 0) is 67.9 Å². The molecule has 2 aliphatic heterocycles. The molecule has 16 heteroatoms. The number of aromatic nitrogens is 5. The summed E-state index contributed by atoms with van der Waals surface area (Å²) in [6, 6.07) is 13.0. The highest BCUT2D eigenvalue weighted by molar-refractivity contribution is 6.36. The van der Waals surface area contributed by atoms with E-state index in [1.54, 1.807) is 26.2 Å². The molecule has 0 saturated carbocycles. The number of fused-ring (bicyclic) bond motifs is 2. The first-order valence-electron chi connectivity index (χ1n) is 18.0. The number of carbonyl (C=O) groups is 1. The van der Waals surface area contributed by atoms with Crippen molar-refractivity contribution in [2.24, 2.45) is 14.1 Å². The number of amides is 1. The number of likely N-dealkylation sites (tertiary alicyclic amines) is 1. The first kappa shape index (κ1) is 36.7. The van der Waals surface area contributed by atoms with Gasteiger partial charge in [-0.1, -0.05) is 41.9 Å². The average molecular weight is 775 g/mol. The van der Waals surface area contributed by atoms with Gasteiger partial charge < -0.3 is 15.4 Å². The van der Waals surface area contributed by atoms with E-state index in [-0.39, 0.29) is 22.9 Å². The average Bonchev–Trinajstić information content (AvgIpc) is 3.77. The van der Waals surface area contributed by atoms with Crippen molar-refractivity contribution in [1.82, 2.24) is 34.3 Å². The van der Waals surface area contributed by atoms with E-state index in [1.165, 1.54) is 14.1 Å². The minimum Gasteiger partial charge on any atom is -0.481 e. The van der Waals surface area contributed by atoms with Crippen LogP contribution in [0, 0.1) is 6.92 Å². The van der Waals surface area contributed by atoms with Crippen LogP contribution < -0.4 is 26.6 Å². The number of hydrogen-bond acceptors (Lipinski definition) is 9. The van der Waals surface area contributed by atoms with Crippen LogP contribution in [0.25, 0.3) is 33.4 Å². The van der Waals surface area contributed by atoms with E-state index in [2.05, 4.69) is 31.6 Å². The Balaban J connectivity index is 1.15. The minimum atomic E-state index is -4.95. The first-order valence-corrected chi connectivity index (χ1v) is 18.4. The van der Waals surface area contributed by atoms with Crippen LogP contribution in [0.2, 0.25) is 5.02 Å². The Morgan fingerprint density at radius 2 is 1.73 bits per heavy atom. The van der Waals surface area contributed by atoms with Crippen LogP contribution in [0.15, 0.2) is 52.1 Å². The summed E-state index contributed by atoms with van der Waals surface area (Å²) in [4.78, 5) is 52.8. The van der Waals surface area contributed by atoms with Crippen LogP contribution >= 0.6 is 11.6 Å². The zero-order chi connectivity index (χ0) is 39.0. The van der Waals surface area contributed by atoms with Crippen molar-refractivity contribution in [3.63, 3.8) is 0 Å². The molecule has 2 fully saturated rings. The zero-order valence-electron chi connectivity index (χ0n) is 30.6. The number of rotatable bonds is 6. The van der Waals surface area contributed by atoms with Gasteiger partial charge in [0.25, 0.3) is 5.56 Å². The number of halogens is 4. The lowest BCUT2D eigenvalue weighted by Crippen LogP contribution is -2.53. The summed E-state index contributed by atoms with van der Waals surface area (Å²) in [6.45, 7) is 3.45. The number of nitrogens with one attached hydrogen (secondary N) is 2. The van der Waals surface area contributed by atoms with Crippen LogP contribution in [0.4, 0.5) is 24.7 Å². The molecule has 5 aromatic rings. The number of nitrogens with zero attached hydrogens (tertiary/aromatic N) is 6. The molecule has 2 aromatic carbocycles. The lowest BCUT2D eigenvalue weighted by atomic mass is 9.88. The number of hydrogen-bond donors (Lipinski definition) is 2. The molecule has 2 saturated heterocycles. The molecule has 286 valence electrons. The quantitative estimate of drug-likeness (QED) is 0.206. The SMILES string of the molecule is COc1nc(-c2cccc(-c3cccc(Nc4nc(C(F)(F)F)nc5c4c(=O)n(C)c(=O)n5C)c3C)c2Cl)cc2c1C(N1CC[C@@]3(CCCC(=O)N3)C1)CC2. The highest BCUT2D eigenvalue weighted by atomic mass is 35.5. The molecule has 2 atom stereocenters. The highest BCUT2D eigenvalue weighted by Crippen LogP contribution is 2.47. The van der Waals surface area contributed by atoms with Crippen molar-refractivity contribution >= 4 is 40.0 Å². The summed E-state index contributed by atoms with van der Waals surface area (Å²) in [7, 11) is 4.09. The second-order valence-electron chi connectivity index (χ2n) is 14.6. The van der Waals surface area contributed by atoms with Gasteiger partial charge in [0.1, 0.15) is 11.2 Å². The maximum atomic E-state index is 14.0. The van der Waals surface area contributed by atoms with Gasteiger partial charge in [-0.2, -0.15) is 13.2 Å². The van der Waals surface area contributed by atoms with Gasteiger partial charge in [-0.15, -0.1) is 0 Å². The number of ether oxygens (including phenoxy) is 1. The Kier molecular flexibility index (Phi) is 8.99. The number of alkyl halides is 3. The van der Waals surface area contributed by atoms with Crippen molar-refractivity contribution in [3.05, 3.63) is 90.8 Å². The van der Waals surface area contributed by atoms with E-state index in [1.807, 2.05) is 24.3 Å². The summed E-state index contributed by atoms with van der Waals surface area (Å²) in [5.41, 5.74) is 3.52. The van der Waals surface area contributed by atoms with Crippen LogP contribution in [-0.2, 0) is 31.5 Å². The molecule has 0 bridgehead atoms. The summed E-state index contributed by atoms with van der Waals surface area (Å²) >= 11 is 7.19. The minimum absolute atomic E-state index is 0.119. The van der Waals surface area contributed by atoms with E-state index in [0.717, 1.165) is 65.5 Å². The lowest BCUT2D eigenvalue weighted by molar-refractivity contribution is -0.144. The van der Waals surface area contributed by atoms with Gasteiger partial charge in [0.2, 0.25) is 17.6 Å². The van der Waals surface area contributed by atoms with Gasteiger partial charge >= 0.3 is 11.9 Å². The Hall–Kier alpha value is -5.28. The second kappa shape index (κ2) is 13.5. The van der Waals surface area contributed by atoms with Gasteiger partial charge in [-0.3, -0.25) is 23.6 Å². The Morgan fingerprint density at radius 1 is 0.982 bits per heavy atom. The maximum absolute atomic E-state index is 14.0. The summed E-state index contributed by atoms with van der Waals surface area (Å²) in [5.74, 6) is -1.23. The second-order valence-corrected chi connectivity index (χ2v) is 15.0. The fourth-order valence-corrected chi connectivity index (χ4v) is 8.85. The van der Waals surface area contributed by atoms with Crippen LogP contribution in [0.5, 0.6) is 5.88 Å². The number of pyridine rings is 1. The topological polar surface area (TPSA) is 136 Å². The van der Waals surface area contributed by atoms with E-state index in [4.69, 9.17) is 21.3 Å². The molecule has 55 heavy (non-hydrogen) atoms. The molecule has 0 radical (unpaired) electrons. The van der Waals surface area contributed by atoms with E-state index in [9.17, 15) is 27.6 Å². The molecular formula is C39H38ClF3N8O4. The van der Waals surface area contributed by atoms with Crippen LogP contribution in [0.3, 0.4) is 0 Å². The molecule has 1 unspecified atom stereocenters. The van der Waals surface area contributed by atoms with Gasteiger partial charge in [0.15, 0.2) is 5.65 Å². The predicted molar refractivity (Wildman–Crippen MR) is 202 cm³/mol. The third kappa shape index (κ3) is 6.22. The van der Waals surface area contributed by atoms with Crippen molar-refractivity contribution in [3.8, 4) is 28.3 Å². The fourth-order valence-electron chi connectivity index (χ4n) is 8.53. The molecule has 3 aromatic heterocycles. The number of methoxy groups -OCH3 is 1. The summed E-state index contributed by atoms with van der Waals surface area (Å²) in [6.07, 6.45) is 0.169. The lowest BCUT2D eigenvalue weighted by Gasteiger charge is -2.35. The van der Waals surface area contributed by atoms with E-state index < -0.39 is 34.7 Å². The van der Waals surface area contributed by atoms with Crippen LogP contribution in [0.1, 0.15) is 60.7 Å². The normalized spacial score (nSPS) is 19.9. The van der Waals surface area contributed by atoms with Gasteiger partial charge in [0, 0.05) is 62.0 Å². The Labute approximate surface area is 318 Å². The molecule has 2 N–H and O–H groups in total. The first-order chi connectivity index (χ1) is 26.2. The Morgan fingerprint density at radius 3 is 2.47 bits per heavy atom. The smallest absolute Gasteiger partial charge is 0.451 e. The standard InChI is InChI=1S/C39H38ClF3N8O4/c1-20-22(8-6-11-25(20)44-32-30-33(47-36(46-32)39(41,42)43)49(2)37(54)50(3)35(30)53)23-9-5-10-24(31(23)40)26-18-21-13-14-27(29(21)34(45-26)55-4)51-17-16-38(19-51)15-7-12-28(52)48-38/h5-6,8-11,18,27H,7,12-17,19H2,1-4H3,(H,48,52)(H,44,46,47)/t27?,38-/m0/s1. The fraction of sp³-hybridized carbons (Fsp3) is 0.385. The van der Waals surface area contributed by atoms with E-state index in [0.29, 0.717) is 51.0 Å². The van der Waals surface area contributed by atoms with Crippen molar-refractivity contribution < 1.29 is 22.7 Å². The third-order valence-corrected chi connectivity index (χ3v) is 11.7. The summed E-state index contributed by atoms with van der Waals surface area (Å²) in [5, 5.41) is 6.35. The molecule has 3 aliphatic rings. The molecule has 1 aliphatic carbocycles. The molecule has 8 rings (SSSR count). The van der Waals surface area contributed by atoms with Gasteiger partial charge in [0.05, 0.1) is 23.4 Å². The maximum Gasteiger partial charge on any atom is 0.451 e. The van der Waals surface area contributed by atoms with Gasteiger partial charge in [-0.25, -0.2) is 19.7 Å². The monoisotopic (exact) mass is 774 g/mol. The number of carbonyl (C=O) groups excluding carboxylic acids is 1. The van der Waals surface area contributed by atoms with Crippen molar-refractivity contribution in [1.29, 1.82) is 0 Å². The van der Waals surface area contributed by atoms with Crippen molar-refractivity contribution in [2.75, 3.05) is 25.5 Å². The number of piperidine rings is 1. The van der Waals surface area contributed by atoms with Crippen molar-refractivity contribution in [2.45, 2.75) is 63.2 Å². The summed E-state index contributed by atoms with van der Waals surface area (Å²) < 4.78 is 49.5. The third-order valence-electron chi connectivity index (χ3n) is 11.3. The highest BCUT2D eigenvalue weighted by Gasteiger charge is 2.45. The largest absolute Gasteiger partial charge is 0.481 e. The molecular weight excluding hydrogens is 737 g/mol. The molecule has 1 amide bonds. The Bertz CT molecular complexity index is 2540. The molecule has 5 heterocycles. The predicted octanol–water partition coefficient (Wildman–Crippen LogP) is 6.22. The zero-order valence-corrected chi connectivity index (χ0v) is 31.4. The number of anilines is 2. The number of benzene rings is 2. The van der Waals surface area contributed by atoms with Crippen LogP contribution in [-0.4, -0.2) is 60.6 Å². The molecule has 1 spiro atoms.